The Morgan fingerprint density at radius 1 is 0.615 bits per heavy atom. The number of ether oxygens (including phenoxy) is 7. The summed E-state index contributed by atoms with van der Waals surface area (Å²) in [7, 11) is 5.44. The summed E-state index contributed by atoms with van der Waals surface area (Å²) in [4.78, 5) is 39.9. The van der Waals surface area contributed by atoms with Gasteiger partial charge in [0.15, 0.2) is 0 Å². The number of esters is 2. The summed E-state index contributed by atoms with van der Waals surface area (Å²) in [5.41, 5.74) is 1.74. The normalized spacial score (nSPS) is 10.8. The summed E-state index contributed by atoms with van der Waals surface area (Å²) in [6.45, 7) is 0. The van der Waals surface area contributed by atoms with Crippen molar-refractivity contribution in [2.75, 3.05) is 28.4 Å². The average molecular weight is 724 g/mol. The Labute approximate surface area is 303 Å². The van der Waals surface area contributed by atoms with Crippen LogP contribution in [0.15, 0.2) is 110 Å². The fourth-order valence-corrected chi connectivity index (χ4v) is 4.39. The summed E-state index contributed by atoms with van der Waals surface area (Å²) >= 11 is 5.80. The van der Waals surface area contributed by atoms with E-state index in [0.717, 1.165) is 0 Å². The van der Waals surface area contributed by atoms with Gasteiger partial charge in [-0.1, -0.05) is 60.1 Å². The predicted octanol–water partition coefficient (Wildman–Crippen LogP) is 7.18. The third kappa shape index (κ3) is 10.3. The van der Waals surface area contributed by atoms with Gasteiger partial charge in [0.2, 0.25) is 17.6 Å². The van der Waals surface area contributed by atoms with Gasteiger partial charge in [0.1, 0.15) is 52.3 Å². The van der Waals surface area contributed by atoms with E-state index in [1.165, 1.54) is 65.8 Å². The highest BCUT2D eigenvalue weighted by Gasteiger charge is 2.20. The molecule has 0 amide bonds. The second-order valence-corrected chi connectivity index (χ2v) is 10.2. The van der Waals surface area contributed by atoms with Gasteiger partial charge in [-0.25, -0.2) is 29.5 Å². The first-order valence-electron chi connectivity index (χ1n) is 14.9. The van der Waals surface area contributed by atoms with Crippen LogP contribution in [0.3, 0.4) is 0 Å². The summed E-state index contributed by atoms with van der Waals surface area (Å²) in [5.74, 6) is 0.644. The van der Waals surface area contributed by atoms with Crippen molar-refractivity contribution in [2.45, 2.75) is 0 Å². The van der Waals surface area contributed by atoms with Gasteiger partial charge >= 0.3 is 11.9 Å². The Hall–Kier alpha value is -6.98. The van der Waals surface area contributed by atoms with Gasteiger partial charge in [0.05, 0.1) is 52.6 Å². The molecule has 15 heteroatoms. The summed E-state index contributed by atoms with van der Waals surface area (Å²) in [5, 5.41) is 9.45. The Balaban J connectivity index is 0.000000244. The molecule has 264 valence electrons. The van der Waals surface area contributed by atoms with Crippen molar-refractivity contribution in [1.29, 1.82) is 5.26 Å². The monoisotopic (exact) mass is 723 g/mol. The maximum absolute atomic E-state index is 12.1. The highest BCUT2D eigenvalue weighted by atomic mass is 35.5. The van der Waals surface area contributed by atoms with Crippen molar-refractivity contribution >= 4 is 34.7 Å². The van der Waals surface area contributed by atoms with E-state index in [-0.39, 0.29) is 33.9 Å². The van der Waals surface area contributed by atoms with E-state index in [1.807, 2.05) is 0 Å². The molecule has 52 heavy (non-hydrogen) atoms. The topological polar surface area (TPSA) is 174 Å². The number of benzene rings is 3. The van der Waals surface area contributed by atoms with Crippen LogP contribution in [0.2, 0.25) is 5.15 Å². The molecule has 0 saturated heterocycles. The number of hydrogen-bond acceptors (Lipinski definition) is 14. The van der Waals surface area contributed by atoms with Gasteiger partial charge in [0.25, 0.3) is 0 Å². The number of aromatic nitrogens is 4. The maximum Gasteiger partial charge on any atom is 0.341 e. The zero-order chi connectivity index (χ0) is 37.3. The third-order valence-corrected chi connectivity index (χ3v) is 6.72. The number of carbonyl (C=O) groups excluding carboxylic acids is 2. The minimum atomic E-state index is -0.576. The molecule has 3 aromatic carbocycles. The molecular weight excluding hydrogens is 694 g/mol. The quantitative estimate of drug-likeness (QED) is 0.0548. The van der Waals surface area contributed by atoms with Crippen LogP contribution in [0.4, 0.5) is 0 Å². The van der Waals surface area contributed by atoms with E-state index in [1.54, 1.807) is 72.8 Å². The summed E-state index contributed by atoms with van der Waals surface area (Å²) in [6.07, 6.45) is 5.13. The molecule has 0 aliphatic heterocycles. The van der Waals surface area contributed by atoms with E-state index in [0.29, 0.717) is 33.9 Å². The molecule has 5 rings (SSSR count). The molecule has 0 fully saturated rings. The molecule has 5 aromatic rings. The molecule has 0 saturated carbocycles. The molecule has 0 N–H and O–H groups in total. The Kier molecular flexibility index (Phi) is 14.0. The number of methoxy groups -OCH3 is 4. The largest absolute Gasteiger partial charge is 0.503 e. The van der Waals surface area contributed by atoms with E-state index < -0.39 is 11.9 Å². The zero-order valence-electron chi connectivity index (χ0n) is 28.2. The first kappa shape index (κ1) is 37.8. The van der Waals surface area contributed by atoms with Crippen molar-refractivity contribution < 1.29 is 42.7 Å². The standard InChI is InChI=1S/C22H17N3O5.C15H13ClN2O4/c1-27-13-17(22(26)28-2)16-8-4-6-10-19(16)30-21-11-20(24-14-25-21)29-18-9-5-3-7-15(18)12-23;1-20-8-11(15(19)21-2)10-5-3-4-6-12(10)22-14-7-13(16)17-9-18-14/h3-11,13-14H,1-2H3;3-9H,1-2H3/b17-13+;11-8+. The van der Waals surface area contributed by atoms with Gasteiger partial charge in [-0.05, 0) is 24.3 Å². The summed E-state index contributed by atoms with van der Waals surface area (Å²) in [6, 6.07) is 25.6. The number of rotatable bonds is 12. The van der Waals surface area contributed by atoms with Crippen LogP contribution in [-0.4, -0.2) is 60.3 Å². The lowest BCUT2D eigenvalue weighted by Gasteiger charge is -2.12. The van der Waals surface area contributed by atoms with Gasteiger partial charge in [-0.3, -0.25) is 0 Å². The maximum atomic E-state index is 12.1. The minimum Gasteiger partial charge on any atom is -0.503 e. The molecule has 0 unspecified atom stereocenters. The van der Waals surface area contributed by atoms with Gasteiger partial charge in [-0.15, -0.1) is 0 Å². The lowest BCUT2D eigenvalue weighted by molar-refractivity contribution is -0.134. The van der Waals surface area contributed by atoms with Crippen molar-refractivity contribution in [3.05, 3.63) is 132 Å². The van der Waals surface area contributed by atoms with E-state index >= 15 is 0 Å². The first-order chi connectivity index (χ1) is 25.3. The molecule has 0 atom stereocenters. The van der Waals surface area contributed by atoms with Crippen LogP contribution >= 0.6 is 11.6 Å². The Morgan fingerprint density at radius 3 is 1.50 bits per heavy atom. The molecule has 0 spiro atoms. The lowest BCUT2D eigenvalue weighted by atomic mass is 10.1. The number of hydrogen-bond donors (Lipinski definition) is 0. The van der Waals surface area contributed by atoms with Gasteiger partial charge < -0.3 is 33.2 Å². The van der Waals surface area contributed by atoms with Crippen LogP contribution in [0.5, 0.6) is 34.9 Å². The second kappa shape index (κ2) is 19.3. The van der Waals surface area contributed by atoms with Crippen LogP contribution in [0, 0.1) is 11.3 Å². The highest BCUT2D eigenvalue weighted by molar-refractivity contribution is 6.29. The van der Waals surface area contributed by atoms with Crippen LogP contribution in [0.25, 0.3) is 11.1 Å². The van der Waals surface area contributed by atoms with Crippen molar-refractivity contribution in [3.8, 4) is 41.0 Å². The van der Waals surface area contributed by atoms with Crippen molar-refractivity contribution in [1.82, 2.24) is 19.9 Å². The molecule has 0 aliphatic rings. The molecule has 0 bridgehead atoms. The number of nitriles is 1. The lowest BCUT2D eigenvalue weighted by Crippen LogP contribution is -2.06. The van der Waals surface area contributed by atoms with Crippen LogP contribution in [0.1, 0.15) is 16.7 Å². The molecule has 14 nitrogen and oxygen atoms in total. The number of halogens is 1. The third-order valence-electron chi connectivity index (χ3n) is 6.51. The predicted molar refractivity (Wildman–Crippen MR) is 187 cm³/mol. The van der Waals surface area contributed by atoms with E-state index in [2.05, 4.69) is 26.0 Å². The molecule has 2 heterocycles. The zero-order valence-corrected chi connectivity index (χ0v) is 28.9. The first-order valence-corrected chi connectivity index (χ1v) is 15.3. The molecule has 0 aliphatic carbocycles. The van der Waals surface area contributed by atoms with Crippen LogP contribution < -0.4 is 14.2 Å². The van der Waals surface area contributed by atoms with Gasteiger partial charge in [0, 0.05) is 17.2 Å². The number of nitrogens with zero attached hydrogens (tertiary/aromatic N) is 5. The molecule has 0 radical (unpaired) electrons. The highest BCUT2D eigenvalue weighted by Crippen LogP contribution is 2.33. The SMILES string of the molecule is CO/C=C(/C(=O)OC)c1ccccc1Oc1cc(Cl)ncn1.CO/C=C(/C(=O)OC)c1ccccc1Oc1cc(Oc2ccccc2C#N)ncn1. The Bertz CT molecular complexity index is 2120. The summed E-state index contributed by atoms with van der Waals surface area (Å²) < 4.78 is 36.7. The van der Waals surface area contributed by atoms with E-state index in [9.17, 15) is 14.9 Å². The van der Waals surface area contributed by atoms with Crippen molar-refractivity contribution in [3.63, 3.8) is 0 Å². The molecule has 2 aromatic heterocycles. The fourth-order valence-electron chi connectivity index (χ4n) is 4.25. The fraction of sp³-hybridized carbons (Fsp3) is 0.108. The average Bonchev–Trinajstić information content (AvgIpc) is 3.17. The van der Waals surface area contributed by atoms with E-state index in [4.69, 9.17) is 44.8 Å². The smallest absolute Gasteiger partial charge is 0.341 e. The van der Waals surface area contributed by atoms with Crippen LogP contribution in [-0.2, 0) is 28.5 Å². The second-order valence-electron chi connectivity index (χ2n) is 9.80. The Morgan fingerprint density at radius 2 is 1.04 bits per heavy atom. The van der Waals surface area contributed by atoms with Gasteiger partial charge in [-0.2, -0.15) is 5.26 Å². The number of para-hydroxylation sites is 3. The number of carbonyl (C=O) groups is 2. The minimum absolute atomic E-state index is 0.184. The molecular formula is C37H30ClN5O9. The van der Waals surface area contributed by atoms with Crippen molar-refractivity contribution in [2.24, 2.45) is 0 Å².